The first kappa shape index (κ1) is 17.0. The zero-order valence-corrected chi connectivity index (χ0v) is 16.7. The molecule has 0 saturated carbocycles. The molecule has 1 aromatic carbocycles. The lowest BCUT2D eigenvalue weighted by atomic mass is 10.1. The van der Waals surface area contributed by atoms with Crippen molar-refractivity contribution in [1.82, 2.24) is 14.5 Å². The van der Waals surface area contributed by atoms with Crippen LogP contribution in [0.15, 0.2) is 53.5 Å². The number of benzene rings is 1. The van der Waals surface area contributed by atoms with E-state index < -0.39 is 0 Å². The van der Waals surface area contributed by atoms with Crippen molar-refractivity contribution in [2.75, 3.05) is 20.1 Å². The predicted molar refractivity (Wildman–Crippen MR) is 114 cm³/mol. The Bertz CT molecular complexity index is 1110. The third-order valence-electron chi connectivity index (χ3n) is 5.47. The van der Waals surface area contributed by atoms with E-state index >= 15 is 0 Å². The van der Waals surface area contributed by atoms with Gasteiger partial charge in [0.05, 0.1) is 11.2 Å². The SMILES string of the molecule is CN1CCc2c(n(-c3cscc3-c3cccnc3)c3ccc(Cl)cc23)CC1. The van der Waals surface area contributed by atoms with E-state index in [0.29, 0.717) is 0 Å². The number of likely N-dealkylation sites (N-methyl/N-ethyl adjacent to an activating group) is 1. The Kier molecular flexibility index (Phi) is 4.27. The molecule has 0 N–H and O–H groups in total. The molecule has 0 spiro atoms. The smallest absolute Gasteiger partial charge is 0.0644 e. The number of hydrogen-bond donors (Lipinski definition) is 0. The van der Waals surface area contributed by atoms with Crippen LogP contribution in [0.5, 0.6) is 0 Å². The van der Waals surface area contributed by atoms with Gasteiger partial charge in [-0.15, -0.1) is 11.3 Å². The average Bonchev–Trinajstić information content (AvgIpc) is 3.21. The molecule has 0 radical (unpaired) electrons. The van der Waals surface area contributed by atoms with Crippen molar-refractivity contribution in [3.63, 3.8) is 0 Å². The van der Waals surface area contributed by atoms with E-state index in [0.717, 1.165) is 36.5 Å². The first-order chi connectivity index (χ1) is 13.2. The molecule has 4 aromatic rings. The number of nitrogens with zero attached hydrogens (tertiary/aromatic N) is 3. The Morgan fingerprint density at radius 3 is 2.85 bits per heavy atom. The summed E-state index contributed by atoms with van der Waals surface area (Å²) in [4.78, 5) is 6.73. The van der Waals surface area contributed by atoms with Crippen LogP contribution in [0.25, 0.3) is 27.7 Å². The third kappa shape index (κ3) is 2.89. The van der Waals surface area contributed by atoms with Gasteiger partial charge in [-0.25, -0.2) is 0 Å². The number of thiophene rings is 1. The molecule has 0 saturated heterocycles. The van der Waals surface area contributed by atoms with E-state index in [1.165, 1.54) is 33.4 Å². The molecule has 0 aliphatic carbocycles. The zero-order chi connectivity index (χ0) is 18.4. The van der Waals surface area contributed by atoms with Gasteiger partial charge < -0.3 is 9.47 Å². The van der Waals surface area contributed by atoms with E-state index in [1.54, 1.807) is 11.3 Å². The minimum atomic E-state index is 0.804. The van der Waals surface area contributed by atoms with Gasteiger partial charge in [-0.1, -0.05) is 17.7 Å². The van der Waals surface area contributed by atoms with Gasteiger partial charge in [-0.2, -0.15) is 0 Å². The van der Waals surface area contributed by atoms with Crippen molar-refractivity contribution >= 4 is 33.8 Å². The molecule has 0 unspecified atom stereocenters. The van der Waals surface area contributed by atoms with E-state index in [2.05, 4.69) is 50.5 Å². The quantitative estimate of drug-likeness (QED) is 0.452. The maximum Gasteiger partial charge on any atom is 0.0644 e. The van der Waals surface area contributed by atoms with Gasteiger partial charge in [-0.05, 0) is 43.3 Å². The maximum atomic E-state index is 6.37. The fraction of sp³-hybridized carbons (Fsp3) is 0.227. The Hall–Kier alpha value is -2.14. The standard InChI is InChI=1S/C22H20ClN3S/c1-25-9-6-17-18-11-16(23)4-5-20(18)26(21(17)7-10-25)22-14-27-13-19(22)15-3-2-8-24-12-15/h2-5,8,11-14H,6-7,9-10H2,1H3. The molecule has 136 valence electrons. The lowest BCUT2D eigenvalue weighted by molar-refractivity contribution is 0.351. The number of rotatable bonds is 2. The maximum absolute atomic E-state index is 6.37. The van der Waals surface area contributed by atoms with Crippen molar-refractivity contribution < 1.29 is 0 Å². The lowest BCUT2D eigenvalue weighted by Crippen LogP contribution is -2.21. The Morgan fingerprint density at radius 2 is 2.00 bits per heavy atom. The Morgan fingerprint density at radius 1 is 1.11 bits per heavy atom. The van der Waals surface area contributed by atoms with Crippen LogP contribution in [0.3, 0.4) is 0 Å². The second-order valence-corrected chi connectivity index (χ2v) is 8.32. The third-order valence-corrected chi connectivity index (χ3v) is 6.44. The number of aromatic nitrogens is 2. The van der Waals surface area contributed by atoms with E-state index in [1.807, 2.05) is 24.5 Å². The van der Waals surface area contributed by atoms with Crippen molar-refractivity contribution in [3.05, 3.63) is 69.8 Å². The van der Waals surface area contributed by atoms with Crippen LogP contribution in [0.1, 0.15) is 11.3 Å². The lowest BCUT2D eigenvalue weighted by Gasteiger charge is -2.14. The van der Waals surface area contributed by atoms with E-state index in [-0.39, 0.29) is 0 Å². The predicted octanol–water partition coefficient (Wildman–Crippen LogP) is 5.44. The molecule has 0 bridgehead atoms. The van der Waals surface area contributed by atoms with Gasteiger partial charge in [0, 0.05) is 69.9 Å². The summed E-state index contributed by atoms with van der Waals surface area (Å²) in [7, 11) is 2.21. The van der Waals surface area contributed by atoms with Crippen molar-refractivity contribution in [1.29, 1.82) is 0 Å². The molecule has 3 nitrogen and oxygen atoms in total. The van der Waals surface area contributed by atoms with Crippen LogP contribution in [-0.4, -0.2) is 34.6 Å². The highest BCUT2D eigenvalue weighted by Crippen LogP contribution is 2.38. The number of pyridine rings is 1. The largest absolute Gasteiger partial charge is 0.312 e. The summed E-state index contributed by atoms with van der Waals surface area (Å²) in [5, 5.41) is 6.57. The van der Waals surface area contributed by atoms with E-state index in [4.69, 9.17) is 11.6 Å². The molecule has 1 aliphatic rings. The molecule has 4 heterocycles. The van der Waals surface area contributed by atoms with Crippen LogP contribution >= 0.6 is 22.9 Å². The van der Waals surface area contributed by atoms with Gasteiger partial charge in [-0.3, -0.25) is 4.98 Å². The molecule has 0 amide bonds. The highest BCUT2D eigenvalue weighted by atomic mass is 35.5. The van der Waals surface area contributed by atoms with Gasteiger partial charge in [0.25, 0.3) is 0 Å². The summed E-state index contributed by atoms with van der Waals surface area (Å²) in [5.41, 5.74) is 7.74. The molecule has 0 atom stereocenters. The number of hydrogen-bond acceptors (Lipinski definition) is 3. The first-order valence-corrected chi connectivity index (χ1v) is 10.5. The van der Waals surface area contributed by atoms with Gasteiger partial charge in [0.1, 0.15) is 0 Å². The number of fused-ring (bicyclic) bond motifs is 3. The number of halogens is 1. The van der Waals surface area contributed by atoms with Gasteiger partial charge >= 0.3 is 0 Å². The second kappa shape index (κ2) is 6.79. The van der Waals surface area contributed by atoms with Crippen molar-refractivity contribution in [2.24, 2.45) is 0 Å². The molecule has 5 rings (SSSR count). The van der Waals surface area contributed by atoms with E-state index in [9.17, 15) is 0 Å². The van der Waals surface area contributed by atoms with Crippen LogP contribution in [-0.2, 0) is 12.8 Å². The average molecular weight is 394 g/mol. The zero-order valence-electron chi connectivity index (χ0n) is 15.2. The topological polar surface area (TPSA) is 21.1 Å². The summed E-state index contributed by atoms with van der Waals surface area (Å²) in [5.74, 6) is 0. The first-order valence-electron chi connectivity index (χ1n) is 9.19. The molecular formula is C22H20ClN3S. The normalized spacial score (nSPS) is 15.0. The minimum Gasteiger partial charge on any atom is -0.312 e. The highest BCUT2D eigenvalue weighted by molar-refractivity contribution is 7.08. The fourth-order valence-electron chi connectivity index (χ4n) is 4.11. The van der Waals surface area contributed by atoms with Gasteiger partial charge in [0.2, 0.25) is 0 Å². The molecule has 27 heavy (non-hydrogen) atoms. The molecule has 3 aromatic heterocycles. The summed E-state index contributed by atoms with van der Waals surface area (Å²) < 4.78 is 2.46. The van der Waals surface area contributed by atoms with Crippen LogP contribution in [0.4, 0.5) is 0 Å². The van der Waals surface area contributed by atoms with Crippen molar-refractivity contribution in [2.45, 2.75) is 12.8 Å². The summed E-state index contributed by atoms with van der Waals surface area (Å²) >= 11 is 8.11. The monoisotopic (exact) mass is 393 g/mol. The Labute approximate surface area is 167 Å². The molecule has 0 fully saturated rings. The summed E-state index contributed by atoms with van der Waals surface area (Å²) in [6, 6.07) is 10.4. The molecule has 5 heteroatoms. The summed E-state index contributed by atoms with van der Waals surface area (Å²) in [6.45, 7) is 2.15. The van der Waals surface area contributed by atoms with Crippen LogP contribution < -0.4 is 0 Å². The summed E-state index contributed by atoms with van der Waals surface area (Å²) in [6.07, 6.45) is 5.87. The van der Waals surface area contributed by atoms with Crippen molar-refractivity contribution in [3.8, 4) is 16.8 Å². The molecular weight excluding hydrogens is 374 g/mol. The second-order valence-electron chi connectivity index (χ2n) is 7.14. The minimum absolute atomic E-state index is 0.804. The Balaban J connectivity index is 1.79. The van der Waals surface area contributed by atoms with Gasteiger partial charge in [0.15, 0.2) is 0 Å². The van der Waals surface area contributed by atoms with Crippen LogP contribution in [0, 0.1) is 0 Å². The molecule has 1 aliphatic heterocycles. The fourth-order valence-corrected chi connectivity index (χ4v) is 5.10. The highest BCUT2D eigenvalue weighted by Gasteiger charge is 2.23. The van der Waals surface area contributed by atoms with Crippen LogP contribution in [0.2, 0.25) is 5.02 Å².